The molecule has 2 rings (SSSR count). The number of hydrogen-bond donors (Lipinski definition) is 2. The summed E-state index contributed by atoms with van der Waals surface area (Å²) in [6.07, 6.45) is 3.62. The lowest BCUT2D eigenvalue weighted by Crippen LogP contribution is -2.37. The standard InChI is InChI=1S/C14H24N4O3/c1-15-14(17-9-13-4-8-21-18-13)16-5-2-6-19-10-12-3-7-20-11-12/h4,8,12H,2-3,5-7,9-11H2,1H3,(H2,15,16,17). The molecule has 1 atom stereocenters. The van der Waals surface area contributed by atoms with E-state index >= 15 is 0 Å². The van der Waals surface area contributed by atoms with Crippen LogP contribution in [0.4, 0.5) is 0 Å². The molecule has 0 radical (unpaired) electrons. The maximum Gasteiger partial charge on any atom is 0.191 e. The molecule has 0 amide bonds. The number of rotatable bonds is 8. The van der Waals surface area contributed by atoms with Gasteiger partial charge in [0.2, 0.25) is 0 Å². The van der Waals surface area contributed by atoms with Crippen molar-refractivity contribution in [3.8, 4) is 0 Å². The average Bonchev–Trinajstić information content (AvgIpc) is 3.19. The van der Waals surface area contributed by atoms with E-state index in [2.05, 4.69) is 20.8 Å². The Kier molecular flexibility index (Phi) is 7.03. The molecular formula is C14H24N4O3. The zero-order valence-electron chi connectivity index (χ0n) is 12.5. The van der Waals surface area contributed by atoms with E-state index in [1.54, 1.807) is 13.3 Å². The van der Waals surface area contributed by atoms with Gasteiger partial charge in [0.05, 0.1) is 19.8 Å². The van der Waals surface area contributed by atoms with E-state index in [0.29, 0.717) is 12.5 Å². The fraction of sp³-hybridized carbons (Fsp3) is 0.714. The van der Waals surface area contributed by atoms with E-state index in [1.807, 2.05) is 6.07 Å². The molecule has 1 aromatic rings. The summed E-state index contributed by atoms with van der Waals surface area (Å²) in [5.41, 5.74) is 0.847. The van der Waals surface area contributed by atoms with Crippen LogP contribution >= 0.6 is 0 Å². The number of ether oxygens (including phenoxy) is 2. The first kappa shape index (κ1) is 15.8. The number of aliphatic imine (C=N–C) groups is 1. The zero-order chi connectivity index (χ0) is 14.8. The van der Waals surface area contributed by atoms with Crippen molar-refractivity contribution in [3.63, 3.8) is 0 Å². The van der Waals surface area contributed by atoms with Crippen LogP contribution in [0.2, 0.25) is 0 Å². The third-order valence-electron chi connectivity index (χ3n) is 3.29. The van der Waals surface area contributed by atoms with Gasteiger partial charge in [-0.2, -0.15) is 0 Å². The van der Waals surface area contributed by atoms with Crippen LogP contribution in [0.25, 0.3) is 0 Å². The van der Waals surface area contributed by atoms with Crippen LogP contribution in [0, 0.1) is 5.92 Å². The molecule has 7 nitrogen and oxygen atoms in total. The van der Waals surface area contributed by atoms with Gasteiger partial charge in [0.25, 0.3) is 0 Å². The monoisotopic (exact) mass is 296 g/mol. The lowest BCUT2D eigenvalue weighted by atomic mass is 10.1. The molecule has 0 saturated carbocycles. The Morgan fingerprint density at radius 3 is 3.19 bits per heavy atom. The summed E-state index contributed by atoms with van der Waals surface area (Å²) in [4.78, 5) is 4.15. The van der Waals surface area contributed by atoms with Crippen molar-refractivity contribution in [2.24, 2.45) is 10.9 Å². The second kappa shape index (κ2) is 9.36. The van der Waals surface area contributed by atoms with Crippen LogP contribution in [0.15, 0.2) is 21.8 Å². The molecule has 0 aromatic carbocycles. The zero-order valence-corrected chi connectivity index (χ0v) is 12.5. The van der Waals surface area contributed by atoms with Gasteiger partial charge in [-0.15, -0.1) is 0 Å². The Bertz CT molecular complexity index is 402. The summed E-state index contributed by atoms with van der Waals surface area (Å²) in [7, 11) is 1.74. The molecule has 7 heteroatoms. The molecule has 1 fully saturated rings. The van der Waals surface area contributed by atoms with Gasteiger partial charge in [-0.05, 0) is 12.8 Å². The maximum absolute atomic E-state index is 5.65. The van der Waals surface area contributed by atoms with Gasteiger partial charge in [-0.25, -0.2) is 0 Å². The minimum atomic E-state index is 0.579. The third-order valence-corrected chi connectivity index (χ3v) is 3.29. The van der Waals surface area contributed by atoms with E-state index in [9.17, 15) is 0 Å². The SMILES string of the molecule is CN=C(NCCCOCC1CCOC1)NCc1ccon1. The summed E-state index contributed by atoms with van der Waals surface area (Å²) in [6, 6.07) is 1.82. The molecule has 1 saturated heterocycles. The number of nitrogens with one attached hydrogen (secondary N) is 2. The van der Waals surface area contributed by atoms with Crippen molar-refractivity contribution in [2.75, 3.05) is 40.0 Å². The predicted octanol–water partition coefficient (Wildman–Crippen LogP) is 0.783. The molecule has 1 unspecified atom stereocenters. The highest BCUT2D eigenvalue weighted by atomic mass is 16.5. The fourth-order valence-electron chi connectivity index (χ4n) is 2.07. The molecule has 1 aliphatic heterocycles. The smallest absolute Gasteiger partial charge is 0.191 e. The number of guanidine groups is 1. The van der Waals surface area contributed by atoms with Crippen molar-refractivity contribution in [2.45, 2.75) is 19.4 Å². The van der Waals surface area contributed by atoms with Crippen molar-refractivity contribution < 1.29 is 14.0 Å². The number of nitrogens with zero attached hydrogens (tertiary/aromatic N) is 2. The summed E-state index contributed by atoms with van der Waals surface area (Å²) in [6.45, 7) is 4.69. The third kappa shape index (κ3) is 6.14. The van der Waals surface area contributed by atoms with Crippen LogP contribution in [0.3, 0.4) is 0 Å². The first-order chi connectivity index (χ1) is 10.4. The average molecular weight is 296 g/mol. The Morgan fingerprint density at radius 1 is 1.52 bits per heavy atom. The Labute approximate surface area is 125 Å². The molecular weight excluding hydrogens is 272 g/mol. The van der Waals surface area contributed by atoms with Gasteiger partial charge in [-0.3, -0.25) is 4.99 Å². The van der Waals surface area contributed by atoms with Crippen LogP contribution in [-0.4, -0.2) is 51.1 Å². The molecule has 0 aliphatic carbocycles. The van der Waals surface area contributed by atoms with Crippen LogP contribution in [0.1, 0.15) is 18.5 Å². The molecule has 0 spiro atoms. The Balaban J connectivity index is 1.48. The normalized spacial score (nSPS) is 18.9. The van der Waals surface area contributed by atoms with Crippen LogP contribution < -0.4 is 10.6 Å². The van der Waals surface area contributed by atoms with Gasteiger partial charge in [0.15, 0.2) is 5.96 Å². The summed E-state index contributed by atoms with van der Waals surface area (Å²) < 4.78 is 15.7. The minimum absolute atomic E-state index is 0.579. The van der Waals surface area contributed by atoms with Crippen LogP contribution in [-0.2, 0) is 16.0 Å². The largest absolute Gasteiger partial charge is 0.381 e. The van der Waals surface area contributed by atoms with E-state index in [0.717, 1.165) is 57.5 Å². The molecule has 0 bridgehead atoms. The van der Waals surface area contributed by atoms with Gasteiger partial charge >= 0.3 is 0 Å². The van der Waals surface area contributed by atoms with Crippen LogP contribution in [0.5, 0.6) is 0 Å². The van der Waals surface area contributed by atoms with Gasteiger partial charge in [0, 0.05) is 38.8 Å². The molecule has 21 heavy (non-hydrogen) atoms. The molecule has 1 aromatic heterocycles. The van der Waals surface area contributed by atoms with Gasteiger partial charge in [0.1, 0.15) is 12.0 Å². The second-order valence-corrected chi connectivity index (χ2v) is 5.00. The molecule has 2 N–H and O–H groups in total. The highest BCUT2D eigenvalue weighted by Crippen LogP contribution is 2.12. The molecule has 118 valence electrons. The first-order valence-corrected chi connectivity index (χ1v) is 7.37. The first-order valence-electron chi connectivity index (χ1n) is 7.37. The topological polar surface area (TPSA) is 80.9 Å². The lowest BCUT2D eigenvalue weighted by molar-refractivity contribution is 0.0888. The van der Waals surface area contributed by atoms with Gasteiger partial charge < -0.3 is 24.6 Å². The highest BCUT2D eigenvalue weighted by Gasteiger charge is 2.15. The summed E-state index contributed by atoms with van der Waals surface area (Å²) in [5, 5.41) is 10.2. The van der Waals surface area contributed by atoms with E-state index in [-0.39, 0.29) is 0 Å². The molecule has 1 aliphatic rings. The minimum Gasteiger partial charge on any atom is -0.381 e. The Hall–Kier alpha value is -1.60. The van der Waals surface area contributed by atoms with Crippen molar-refractivity contribution in [1.29, 1.82) is 0 Å². The van der Waals surface area contributed by atoms with E-state index in [1.165, 1.54) is 0 Å². The van der Waals surface area contributed by atoms with Crippen molar-refractivity contribution in [3.05, 3.63) is 18.0 Å². The lowest BCUT2D eigenvalue weighted by Gasteiger charge is -2.11. The van der Waals surface area contributed by atoms with E-state index < -0.39 is 0 Å². The quantitative estimate of drug-likeness (QED) is 0.419. The Morgan fingerprint density at radius 2 is 2.48 bits per heavy atom. The number of hydrogen-bond acceptors (Lipinski definition) is 5. The highest BCUT2D eigenvalue weighted by molar-refractivity contribution is 5.79. The maximum atomic E-state index is 5.65. The van der Waals surface area contributed by atoms with Gasteiger partial charge in [-0.1, -0.05) is 5.16 Å². The van der Waals surface area contributed by atoms with Crippen molar-refractivity contribution >= 4 is 5.96 Å². The van der Waals surface area contributed by atoms with Crippen molar-refractivity contribution in [1.82, 2.24) is 15.8 Å². The predicted molar refractivity (Wildman–Crippen MR) is 79.1 cm³/mol. The molecule has 2 heterocycles. The summed E-state index contributed by atoms with van der Waals surface area (Å²) >= 11 is 0. The van der Waals surface area contributed by atoms with E-state index in [4.69, 9.17) is 14.0 Å². The number of aromatic nitrogens is 1. The fourth-order valence-corrected chi connectivity index (χ4v) is 2.07. The second-order valence-electron chi connectivity index (χ2n) is 5.00. The summed E-state index contributed by atoms with van der Waals surface area (Å²) in [5.74, 6) is 1.33.